The normalized spacial score (nSPS) is 12.3. The molecule has 0 unspecified atom stereocenters. The van der Waals surface area contributed by atoms with Gasteiger partial charge in [-0.1, -0.05) is 109 Å². The van der Waals surface area contributed by atoms with E-state index in [-0.39, 0.29) is 0 Å². The molecule has 0 bridgehead atoms. The van der Waals surface area contributed by atoms with Gasteiger partial charge < -0.3 is 4.42 Å². The molecule has 1 heterocycles. The molecule has 0 N–H and O–H groups in total. The summed E-state index contributed by atoms with van der Waals surface area (Å²) in [5.74, 6) is 1.09. The Morgan fingerprint density at radius 3 is 2.07 bits per heavy atom. The number of nitrogens with zero attached hydrogens (tertiary/aromatic N) is 3. The predicted molar refractivity (Wildman–Crippen MR) is 176 cm³/mol. The maximum absolute atomic E-state index is 6.34. The molecule has 0 aliphatic rings. The first-order valence-electron chi connectivity index (χ1n) is 13.9. The summed E-state index contributed by atoms with van der Waals surface area (Å²) in [6.45, 7) is 4.27. The summed E-state index contributed by atoms with van der Waals surface area (Å²) in [4.78, 5) is 14.0. The van der Waals surface area contributed by atoms with Gasteiger partial charge in [0.15, 0.2) is 11.7 Å². The topological polar surface area (TPSA) is 50.2 Å². The lowest BCUT2D eigenvalue weighted by atomic mass is 9.99. The Kier molecular flexibility index (Phi) is 6.71. The third-order valence-electron chi connectivity index (χ3n) is 7.46. The number of furan rings is 1. The summed E-state index contributed by atoms with van der Waals surface area (Å²) in [7, 11) is 0. The van der Waals surface area contributed by atoms with Gasteiger partial charge in [0.05, 0.1) is 6.54 Å². The van der Waals surface area contributed by atoms with Gasteiger partial charge in [-0.25, -0.2) is 9.98 Å². The Labute approximate surface area is 244 Å². The van der Waals surface area contributed by atoms with E-state index >= 15 is 0 Å². The minimum absolute atomic E-state index is 0.492. The number of fused-ring (bicyclic) bond motifs is 4. The van der Waals surface area contributed by atoms with Crippen LogP contribution in [0, 0.1) is 0 Å². The SMILES string of the molecule is C=N/C(=N\C(=N/Cc1ccccc1)c1ccc2c(c1)oc1ccc(-c3ccc4ccccc4c3)cc12)c1ccccc1. The minimum atomic E-state index is 0.492. The molecule has 0 spiro atoms. The summed E-state index contributed by atoms with van der Waals surface area (Å²) >= 11 is 0. The van der Waals surface area contributed by atoms with Gasteiger partial charge in [-0.3, -0.25) is 4.99 Å². The van der Waals surface area contributed by atoms with Crippen molar-refractivity contribution in [2.75, 3.05) is 0 Å². The van der Waals surface area contributed by atoms with Crippen LogP contribution in [0.2, 0.25) is 0 Å². The first-order valence-corrected chi connectivity index (χ1v) is 13.9. The Morgan fingerprint density at radius 2 is 1.26 bits per heavy atom. The molecule has 0 atom stereocenters. The standard InChI is InChI=1S/C38H27N3O/c1-39-37(28-13-6-3-7-14-28)41-38(40-25-26-10-4-2-5-11-26)32-18-20-33-34-23-31(19-21-35(34)42-36(33)24-32)30-17-16-27-12-8-9-15-29(27)22-30/h2-24H,1,25H2/b40-38-,41-37-. The van der Waals surface area contributed by atoms with E-state index in [1.807, 2.05) is 54.6 Å². The van der Waals surface area contributed by atoms with Gasteiger partial charge in [0.25, 0.3) is 0 Å². The van der Waals surface area contributed by atoms with Crippen LogP contribution in [0.1, 0.15) is 16.7 Å². The molecule has 0 amide bonds. The summed E-state index contributed by atoms with van der Waals surface area (Å²) < 4.78 is 6.34. The molecule has 0 fully saturated rings. The Hall–Kier alpha value is -5.61. The lowest BCUT2D eigenvalue weighted by Crippen LogP contribution is -2.05. The molecule has 7 rings (SSSR count). The highest BCUT2D eigenvalue weighted by atomic mass is 16.3. The van der Waals surface area contributed by atoms with Gasteiger partial charge in [0, 0.05) is 21.9 Å². The smallest absolute Gasteiger partial charge is 0.161 e. The van der Waals surface area contributed by atoms with Gasteiger partial charge in [-0.15, -0.1) is 0 Å². The van der Waals surface area contributed by atoms with Crippen LogP contribution in [-0.4, -0.2) is 18.4 Å². The number of aliphatic imine (C=N–C) groups is 3. The van der Waals surface area contributed by atoms with Crippen molar-refractivity contribution in [1.82, 2.24) is 0 Å². The first-order chi connectivity index (χ1) is 20.7. The van der Waals surface area contributed by atoms with E-state index in [9.17, 15) is 0 Å². The molecular formula is C38H27N3O. The van der Waals surface area contributed by atoms with Crippen LogP contribution in [0.25, 0.3) is 43.8 Å². The van der Waals surface area contributed by atoms with Crippen molar-refractivity contribution in [1.29, 1.82) is 0 Å². The highest BCUT2D eigenvalue weighted by Crippen LogP contribution is 2.34. The van der Waals surface area contributed by atoms with Crippen molar-refractivity contribution < 1.29 is 4.42 Å². The van der Waals surface area contributed by atoms with Crippen molar-refractivity contribution in [2.45, 2.75) is 6.54 Å². The largest absolute Gasteiger partial charge is 0.456 e. The zero-order valence-corrected chi connectivity index (χ0v) is 22.9. The van der Waals surface area contributed by atoms with Crippen LogP contribution in [0.4, 0.5) is 0 Å². The van der Waals surface area contributed by atoms with E-state index in [1.165, 1.54) is 16.3 Å². The van der Waals surface area contributed by atoms with Crippen LogP contribution in [-0.2, 0) is 6.54 Å². The molecule has 0 saturated carbocycles. The second kappa shape index (κ2) is 11.1. The van der Waals surface area contributed by atoms with Crippen LogP contribution in [0.15, 0.2) is 159 Å². The molecule has 200 valence electrons. The summed E-state index contributed by atoms with van der Waals surface area (Å²) in [5.41, 5.74) is 6.79. The predicted octanol–water partition coefficient (Wildman–Crippen LogP) is 9.50. The van der Waals surface area contributed by atoms with E-state index in [1.54, 1.807) is 0 Å². The van der Waals surface area contributed by atoms with E-state index in [0.29, 0.717) is 18.2 Å². The van der Waals surface area contributed by atoms with Gasteiger partial charge in [0.2, 0.25) is 0 Å². The average molecular weight is 542 g/mol. The molecule has 42 heavy (non-hydrogen) atoms. The number of benzene rings is 6. The van der Waals surface area contributed by atoms with Gasteiger partial charge in [-0.05, 0) is 64.5 Å². The van der Waals surface area contributed by atoms with Crippen LogP contribution in [0.3, 0.4) is 0 Å². The molecule has 0 saturated heterocycles. The van der Waals surface area contributed by atoms with Crippen molar-refractivity contribution in [2.24, 2.45) is 15.0 Å². The van der Waals surface area contributed by atoms with Gasteiger partial charge in [0.1, 0.15) is 11.2 Å². The minimum Gasteiger partial charge on any atom is -0.456 e. The fraction of sp³-hybridized carbons (Fsp3) is 0.0263. The lowest BCUT2D eigenvalue weighted by molar-refractivity contribution is 0.669. The zero-order chi connectivity index (χ0) is 28.3. The van der Waals surface area contributed by atoms with Crippen molar-refractivity contribution in [3.05, 3.63) is 156 Å². The second-order valence-electron chi connectivity index (χ2n) is 10.2. The summed E-state index contributed by atoms with van der Waals surface area (Å²) in [5, 5.41) is 4.58. The third kappa shape index (κ3) is 5.02. The molecule has 0 aliphatic carbocycles. The highest BCUT2D eigenvalue weighted by Gasteiger charge is 2.13. The third-order valence-corrected chi connectivity index (χ3v) is 7.46. The van der Waals surface area contributed by atoms with E-state index in [4.69, 9.17) is 14.4 Å². The second-order valence-corrected chi connectivity index (χ2v) is 10.2. The summed E-state index contributed by atoms with van der Waals surface area (Å²) in [6.07, 6.45) is 0. The maximum Gasteiger partial charge on any atom is 0.161 e. The fourth-order valence-corrected chi connectivity index (χ4v) is 5.28. The molecule has 6 aromatic carbocycles. The number of hydrogen-bond acceptors (Lipinski definition) is 2. The highest BCUT2D eigenvalue weighted by molar-refractivity contribution is 6.14. The first kappa shape index (κ1) is 25.4. The van der Waals surface area contributed by atoms with Crippen LogP contribution < -0.4 is 0 Å². The maximum atomic E-state index is 6.34. The molecule has 0 aliphatic heterocycles. The quantitative estimate of drug-likeness (QED) is 0.158. The average Bonchev–Trinajstić information content (AvgIpc) is 3.43. The monoisotopic (exact) mass is 541 g/mol. The molecule has 4 heteroatoms. The molecular weight excluding hydrogens is 514 g/mol. The van der Waals surface area contributed by atoms with Gasteiger partial charge >= 0.3 is 0 Å². The lowest BCUT2D eigenvalue weighted by Gasteiger charge is -2.06. The van der Waals surface area contributed by atoms with E-state index < -0.39 is 0 Å². The molecule has 1 aromatic heterocycles. The number of hydrogen-bond donors (Lipinski definition) is 0. The molecule has 4 nitrogen and oxygen atoms in total. The van der Waals surface area contributed by atoms with E-state index in [0.717, 1.165) is 44.2 Å². The van der Waals surface area contributed by atoms with Crippen molar-refractivity contribution >= 4 is 51.1 Å². The summed E-state index contributed by atoms with van der Waals surface area (Å²) in [6, 6.07) is 47.6. The van der Waals surface area contributed by atoms with Crippen LogP contribution in [0.5, 0.6) is 0 Å². The molecule has 0 radical (unpaired) electrons. The van der Waals surface area contributed by atoms with Crippen molar-refractivity contribution in [3.63, 3.8) is 0 Å². The van der Waals surface area contributed by atoms with E-state index in [2.05, 4.69) is 96.6 Å². The van der Waals surface area contributed by atoms with Gasteiger partial charge in [-0.2, -0.15) is 0 Å². The Bertz CT molecular complexity index is 2120. The zero-order valence-electron chi connectivity index (χ0n) is 22.9. The Balaban J connectivity index is 1.31. The fourth-order valence-electron chi connectivity index (χ4n) is 5.28. The Morgan fingerprint density at radius 1 is 0.548 bits per heavy atom. The number of rotatable bonds is 5. The molecule has 7 aromatic rings. The number of amidine groups is 2. The van der Waals surface area contributed by atoms with Crippen molar-refractivity contribution in [3.8, 4) is 11.1 Å². The van der Waals surface area contributed by atoms with Crippen LogP contribution >= 0.6 is 0 Å².